The highest BCUT2D eigenvalue weighted by Crippen LogP contribution is 2.23. The first-order valence-corrected chi connectivity index (χ1v) is 8.29. The van der Waals surface area contributed by atoms with Crippen LogP contribution in [-0.4, -0.2) is 24.5 Å². The van der Waals surface area contributed by atoms with Crippen LogP contribution in [0.5, 0.6) is 0 Å². The lowest BCUT2D eigenvalue weighted by atomic mass is 10.3. The maximum Gasteiger partial charge on any atom is 0.356 e. The predicted molar refractivity (Wildman–Crippen MR) is 79.0 cm³/mol. The molecule has 0 aliphatic rings. The Morgan fingerprint density at radius 3 is 2.79 bits per heavy atom. The third kappa shape index (κ3) is 3.22. The zero-order valence-corrected chi connectivity index (χ0v) is 13.0. The number of nitrogens with one attached hydrogen (secondary N) is 1. The van der Waals surface area contributed by atoms with Crippen molar-refractivity contribution in [2.45, 2.75) is 4.21 Å². The maximum absolute atomic E-state index is 12.1. The Hall–Kier alpha value is -1.20. The summed E-state index contributed by atoms with van der Waals surface area (Å²) in [5.74, 6) is -1.37. The van der Waals surface area contributed by atoms with Crippen molar-refractivity contribution in [3.63, 3.8) is 0 Å². The van der Waals surface area contributed by atoms with Gasteiger partial charge in [0.15, 0.2) is 9.90 Å². The number of rotatable bonds is 4. The highest BCUT2D eigenvalue weighted by molar-refractivity contribution is 14.1. The highest BCUT2D eigenvalue weighted by Gasteiger charge is 2.25. The molecule has 0 unspecified atom stereocenters. The molecule has 0 saturated heterocycles. The molecule has 6 nitrogen and oxygen atoms in total. The molecule has 0 bridgehead atoms. The number of hydrogen-bond donors (Lipinski definition) is 2. The minimum Gasteiger partial charge on any atom is -0.476 e. The number of aromatic carboxylic acids is 1. The van der Waals surface area contributed by atoms with Gasteiger partial charge < -0.3 is 5.11 Å². The Bertz CT molecular complexity index is 727. The lowest BCUT2D eigenvalue weighted by Gasteiger charge is -2.06. The number of sulfonamides is 1. The largest absolute Gasteiger partial charge is 0.476 e. The van der Waals surface area contributed by atoms with Gasteiger partial charge >= 0.3 is 5.97 Å². The van der Waals surface area contributed by atoms with Crippen molar-refractivity contribution >= 4 is 55.6 Å². The van der Waals surface area contributed by atoms with E-state index < -0.39 is 21.7 Å². The number of anilines is 1. The molecule has 2 rings (SSSR count). The van der Waals surface area contributed by atoms with Gasteiger partial charge in [0.05, 0.1) is 5.51 Å². The van der Waals surface area contributed by atoms with Gasteiger partial charge in [-0.2, -0.15) is 0 Å². The van der Waals surface area contributed by atoms with Gasteiger partial charge in [0.2, 0.25) is 0 Å². The first-order chi connectivity index (χ1) is 8.90. The molecule has 1 aromatic heterocycles. The molecule has 0 radical (unpaired) electrons. The van der Waals surface area contributed by atoms with E-state index in [1.165, 1.54) is 5.51 Å². The fourth-order valence-electron chi connectivity index (χ4n) is 1.32. The number of halogens is 1. The van der Waals surface area contributed by atoms with Crippen LogP contribution in [-0.2, 0) is 10.0 Å². The van der Waals surface area contributed by atoms with Crippen molar-refractivity contribution in [2.24, 2.45) is 0 Å². The Morgan fingerprint density at radius 2 is 2.16 bits per heavy atom. The van der Waals surface area contributed by atoms with E-state index in [0.717, 1.165) is 14.9 Å². The van der Waals surface area contributed by atoms with E-state index in [1.54, 1.807) is 18.2 Å². The quantitative estimate of drug-likeness (QED) is 0.754. The molecule has 1 aromatic carbocycles. The summed E-state index contributed by atoms with van der Waals surface area (Å²) >= 11 is 2.81. The van der Waals surface area contributed by atoms with Crippen LogP contribution in [0.1, 0.15) is 10.5 Å². The van der Waals surface area contributed by atoms with Crippen LogP contribution in [0.15, 0.2) is 34.0 Å². The summed E-state index contributed by atoms with van der Waals surface area (Å²) in [5.41, 5.74) is 1.09. The molecule has 0 atom stereocenters. The number of aromatic nitrogens is 1. The van der Waals surface area contributed by atoms with E-state index in [2.05, 4.69) is 9.71 Å². The fourth-order valence-corrected chi connectivity index (χ4v) is 4.06. The van der Waals surface area contributed by atoms with Crippen LogP contribution >= 0.6 is 33.9 Å². The van der Waals surface area contributed by atoms with Crippen LogP contribution in [0.4, 0.5) is 5.69 Å². The predicted octanol–water partition coefficient (Wildman–Crippen LogP) is 2.25. The highest BCUT2D eigenvalue weighted by atomic mass is 127. The number of thiazole rings is 1. The van der Waals surface area contributed by atoms with Gasteiger partial charge in [0.1, 0.15) is 0 Å². The molecule has 0 fully saturated rings. The van der Waals surface area contributed by atoms with Gasteiger partial charge in [0.25, 0.3) is 10.0 Å². The normalized spacial score (nSPS) is 11.2. The minimum atomic E-state index is -3.94. The maximum atomic E-state index is 12.1. The minimum absolute atomic E-state index is 0.307. The van der Waals surface area contributed by atoms with Crippen molar-refractivity contribution in [2.75, 3.05) is 4.72 Å². The van der Waals surface area contributed by atoms with Gasteiger partial charge in [-0.05, 0) is 40.8 Å². The molecular formula is C10H7IN2O4S2. The summed E-state index contributed by atoms with van der Waals surface area (Å²) in [7, 11) is -3.94. The van der Waals surface area contributed by atoms with Gasteiger partial charge in [-0.15, -0.1) is 11.3 Å². The number of carboxylic acids is 1. The van der Waals surface area contributed by atoms with Crippen molar-refractivity contribution in [1.29, 1.82) is 0 Å². The molecule has 0 amide bonds. The summed E-state index contributed by atoms with van der Waals surface area (Å²) in [4.78, 5) is 14.4. The van der Waals surface area contributed by atoms with Crippen LogP contribution in [0, 0.1) is 3.57 Å². The number of benzene rings is 1. The van der Waals surface area contributed by atoms with Crippen LogP contribution in [0.3, 0.4) is 0 Å². The molecule has 100 valence electrons. The SMILES string of the molecule is O=C(O)c1ncsc1S(=O)(=O)Nc1cccc(I)c1. The van der Waals surface area contributed by atoms with Crippen molar-refractivity contribution in [3.8, 4) is 0 Å². The molecule has 1 heterocycles. The third-order valence-corrected chi connectivity index (χ3v) is 5.48. The van der Waals surface area contributed by atoms with E-state index in [1.807, 2.05) is 28.7 Å². The second-order valence-corrected chi connectivity index (χ2v) is 7.39. The van der Waals surface area contributed by atoms with E-state index in [9.17, 15) is 13.2 Å². The summed E-state index contributed by atoms with van der Waals surface area (Å²) in [5, 5.41) is 8.88. The number of carboxylic acid groups (broad SMARTS) is 1. The summed E-state index contributed by atoms with van der Waals surface area (Å²) in [6.45, 7) is 0. The number of carbonyl (C=O) groups is 1. The van der Waals surface area contributed by atoms with Crippen LogP contribution in [0.2, 0.25) is 0 Å². The third-order valence-electron chi connectivity index (χ3n) is 2.06. The summed E-state index contributed by atoms with van der Waals surface area (Å²) in [6, 6.07) is 6.74. The Balaban J connectivity index is 2.38. The molecule has 0 aliphatic carbocycles. The average Bonchev–Trinajstić information content (AvgIpc) is 2.77. The van der Waals surface area contributed by atoms with Crippen molar-refractivity contribution in [3.05, 3.63) is 39.0 Å². The van der Waals surface area contributed by atoms with Crippen LogP contribution < -0.4 is 4.72 Å². The molecule has 0 aliphatic heterocycles. The van der Waals surface area contributed by atoms with Gasteiger partial charge in [0, 0.05) is 9.26 Å². The first kappa shape index (κ1) is 14.2. The topological polar surface area (TPSA) is 96.4 Å². The second-order valence-electron chi connectivity index (χ2n) is 3.41. The zero-order chi connectivity index (χ0) is 14.0. The summed E-state index contributed by atoms with van der Waals surface area (Å²) < 4.78 is 27.1. The monoisotopic (exact) mass is 410 g/mol. The molecule has 2 N–H and O–H groups in total. The Morgan fingerprint density at radius 1 is 1.42 bits per heavy atom. The van der Waals surface area contributed by atoms with Crippen molar-refractivity contribution < 1.29 is 18.3 Å². The van der Waals surface area contributed by atoms with Gasteiger partial charge in [-0.1, -0.05) is 6.07 Å². The molecular weight excluding hydrogens is 403 g/mol. The van der Waals surface area contributed by atoms with Crippen molar-refractivity contribution in [1.82, 2.24) is 4.98 Å². The Kier molecular flexibility index (Phi) is 4.06. The molecule has 2 aromatic rings. The zero-order valence-electron chi connectivity index (χ0n) is 9.20. The fraction of sp³-hybridized carbons (Fsp3) is 0. The van der Waals surface area contributed by atoms with E-state index in [4.69, 9.17) is 5.11 Å². The summed E-state index contributed by atoms with van der Waals surface area (Å²) in [6.07, 6.45) is 0. The lowest BCUT2D eigenvalue weighted by molar-refractivity contribution is 0.0687. The molecule has 19 heavy (non-hydrogen) atoms. The number of hydrogen-bond acceptors (Lipinski definition) is 5. The smallest absolute Gasteiger partial charge is 0.356 e. The van der Waals surface area contributed by atoms with E-state index >= 15 is 0 Å². The molecule has 9 heteroatoms. The standard InChI is InChI=1S/C10H7IN2O4S2/c11-6-2-1-3-7(4-6)13-19(16,17)10-8(9(14)15)12-5-18-10/h1-5,13H,(H,14,15). The Labute approximate surface area is 126 Å². The lowest BCUT2D eigenvalue weighted by Crippen LogP contribution is -2.15. The second kappa shape index (κ2) is 5.43. The molecule has 0 saturated carbocycles. The van der Waals surface area contributed by atoms with Crippen LogP contribution in [0.25, 0.3) is 0 Å². The first-order valence-electron chi connectivity index (χ1n) is 4.85. The van der Waals surface area contributed by atoms with E-state index in [-0.39, 0.29) is 4.21 Å². The average molecular weight is 410 g/mol. The number of nitrogens with zero attached hydrogens (tertiary/aromatic N) is 1. The van der Waals surface area contributed by atoms with Gasteiger partial charge in [-0.25, -0.2) is 18.2 Å². The van der Waals surface area contributed by atoms with E-state index in [0.29, 0.717) is 5.69 Å². The molecule has 0 spiro atoms. The van der Waals surface area contributed by atoms with Gasteiger partial charge in [-0.3, -0.25) is 4.72 Å².